The van der Waals surface area contributed by atoms with Crippen LogP contribution in [0.15, 0.2) is 85.2 Å². The molecule has 1 amide bonds. The number of amides is 1. The Hall–Kier alpha value is -4.19. The van der Waals surface area contributed by atoms with E-state index >= 15 is 0 Å². The molecule has 160 valence electrons. The highest BCUT2D eigenvalue weighted by Gasteiger charge is 2.11. The molecule has 0 aliphatic carbocycles. The van der Waals surface area contributed by atoms with Crippen molar-refractivity contribution < 1.29 is 9.53 Å². The summed E-state index contributed by atoms with van der Waals surface area (Å²) in [5.41, 5.74) is 4.95. The van der Waals surface area contributed by atoms with Gasteiger partial charge in [-0.3, -0.25) is 4.79 Å². The summed E-state index contributed by atoms with van der Waals surface area (Å²) in [6, 6.07) is 24.7. The van der Waals surface area contributed by atoms with Gasteiger partial charge in [0.25, 0.3) is 5.91 Å². The summed E-state index contributed by atoms with van der Waals surface area (Å²) in [6.07, 6.45) is 1.53. The van der Waals surface area contributed by atoms with E-state index in [0.717, 1.165) is 16.9 Å². The monoisotopic (exact) mass is 424 g/mol. The first-order valence-electron chi connectivity index (χ1n) is 10.4. The number of carbonyl (C=O) groups excluding carboxylic acids is 1. The van der Waals surface area contributed by atoms with Crippen molar-refractivity contribution in [3.63, 3.8) is 0 Å². The zero-order valence-corrected chi connectivity index (χ0v) is 18.0. The van der Waals surface area contributed by atoms with E-state index in [1.807, 2.05) is 61.5 Å². The first-order chi connectivity index (χ1) is 15.6. The quantitative estimate of drug-likeness (QED) is 0.389. The second-order valence-corrected chi connectivity index (χ2v) is 7.24. The fourth-order valence-electron chi connectivity index (χ4n) is 3.24. The molecule has 0 spiro atoms. The summed E-state index contributed by atoms with van der Waals surface area (Å²) in [5.74, 6) is 1.07. The number of aryl methyl sites for hydroxylation is 1. The average molecular weight is 425 g/mol. The van der Waals surface area contributed by atoms with Gasteiger partial charge in [0.1, 0.15) is 17.9 Å². The number of nitrogens with one attached hydrogen (secondary N) is 2. The molecule has 2 N–H and O–H groups in total. The number of nitrogens with zero attached hydrogens (tertiary/aromatic N) is 2. The number of ether oxygens (including phenoxy) is 1. The van der Waals surface area contributed by atoms with Crippen molar-refractivity contribution in [3.05, 3.63) is 96.3 Å². The molecule has 0 bridgehead atoms. The third-order valence-corrected chi connectivity index (χ3v) is 4.85. The topological polar surface area (TPSA) is 76.1 Å². The molecule has 6 heteroatoms. The van der Waals surface area contributed by atoms with Crippen molar-refractivity contribution in [2.75, 3.05) is 17.2 Å². The molecule has 1 aromatic heterocycles. The molecule has 0 unspecified atom stereocenters. The molecule has 0 aliphatic rings. The maximum absolute atomic E-state index is 12.8. The molecular formula is C26H24N4O2. The molecule has 0 radical (unpaired) electrons. The maximum Gasteiger partial charge on any atom is 0.255 e. The summed E-state index contributed by atoms with van der Waals surface area (Å²) < 4.78 is 5.59. The van der Waals surface area contributed by atoms with Gasteiger partial charge in [0, 0.05) is 22.9 Å². The second-order valence-electron chi connectivity index (χ2n) is 7.24. The molecule has 1 heterocycles. The normalized spacial score (nSPS) is 10.4. The molecule has 4 aromatic rings. The Morgan fingerprint density at radius 2 is 1.75 bits per heavy atom. The van der Waals surface area contributed by atoms with Gasteiger partial charge in [-0.2, -0.15) is 0 Å². The fraction of sp³-hybridized carbons (Fsp3) is 0.115. The minimum atomic E-state index is -0.219. The number of anilines is 3. The molecule has 32 heavy (non-hydrogen) atoms. The molecular weight excluding hydrogens is 400 g/mol. The van der Waals surface area contributed by atoms with Crippen LogP contribution in [-0.2, 0) is 0 Å². The summed E-state index contributed by atoms with van der Waals surface area (Å²) in [4.78, 5) is 21.5. The van der Waals surface area contributed by atoms with Gasteiger partial charge >= 0.3 is 0 Å². The van der Waals surface area contributed by atoms with Gasteiger partial charge in [-0.15, -0.1) is 0 Å². The third kappa shape index (κ3) is 5.10. The van der Waals surface area contributed by atoms with Crippen LogP contribution in [0.5, 0.6) is 5.75 Å². The number of aromatic nitrogens is 2. The number of para-hydroxylation sites is 2. The van der Waals surface area contributed by atoms with Gasteiger partial charge in [-0.25, -0.2) is 9.97 Å². The van der Waals surface area contributed by atoms with Crippen molar-refractivity contribution in [2.24, 2.45) is 0 Å². The number of rotatable bonds is 7. The average Bonchev–Trinajstić information content (AvgIpc) is 2.81. The van der Waals surface area contributed by atoms with Crippen LogP contribution in [0.1, 0.15) is 22.8 Å². The Kier molecular flexibility index (Phi) is 6.41. The molecule has 3 aromatic carbocycles. The highest BCUT2D eigenvalue weighted by Crippen LogP contribution is 2.25. The van der Waals surface area contributed by atoms with E-state index in [1.54, 1.807) is 12.1 Å². The van der Waals surface area contributed by atoms with Gasteiger partial charge in [-0.05, 0) is 44.2 Å². The number of hydrogen-bond acceptors (Lipinski definition) is 5. The van der Waals surface area contributed by atoms with E-state index < -0.39 is 0 Å². The van der Waals surface area contributed by atoms with Crippen LogP contribution in [-0.4, -0.2) is 22.5 Å². The lowest BCUT2D eigenvalue weighted by atomic mass is 10.1. The van der Waals surface area contributed by atoms with Crippen LogP contribution in [0.2, 0.25) is 0 Å². The number of hydrogen-bond donors (Lipinski definition) is 2. The van der Waals surface area contributed by atoms with E-state index in [9.17, 15) is 4.79 Å². The first-order valence-corrected chi connectivity index (χ1v) is 10.4. The second kappa shape index (κ2) is 9.75. The lowest BCUT2D eigenvalue weighted by Crippen LogP contribution is -2.13. The van der Waals surface area contributed by atoms with Crippen molar-refractivity contribution in [3.8, 4) is 17.0 Å². The van der Waals surface area contributed by atoms with E-state index in [-0.39, 0.29) is 5.91 Å². The summed E-state index contributed by atoms with van der Waals surface area (Å²) in [6.45, 7) is 4.48. The molecule has 0 saturated carbocycles. The van der Waals surface area contributed by atoms with Crippen LogP contribution < -0.4 is 15.4 Å². The lowest BCUT2D eigenvalue weighted by molar-refractivity contribution is 0.102. The number of carbonyl (C=O) groups is 1. The van der Waals surface area contributed by atoms with Gasteiger partial charge < -0.3 is 15.4 Å². The highest BCUT2D eigenvalue weighted by molar-refractivity contribution is 6.05. The SMILES string of the molecule is CCOc1ccccc1NC(=O)c1cccc(Nc2cc(-c3ccc(C)cc3)ncn2)c1. The van der Waals surface area contributed by atoms with Crippen molar-refractivity contribution in [2.45, 2.75) is 13.8 Å². The van der Waals surface area contributed by atoms with Gasteiger partial charge in [-0.1, -0.05) is 48.0 Å². The molecule has 6 nitrogen and oxygen atoms in total. The van der Waals surface area contributed by atoms with Gasteiger partial charge in [0.2, 0.25) is 0 Å². The number of benzene rings is 3. The van der Waals surface area contributed by atoms with Crippen molar-refractivity contribution in [1.82, 2.24) is 9.97 Å². The van der Waals surface area contributed by atoms with E-state index in [1.165, 1.54) is 11.9 Å². The Bertz CT molecular complexity index is 1220. The first kappa shape index (κ1) is 21.1. The lowest BCUT2D eigenvalue weighted by Gasteiger charge is -2.12. The van der Waals surface area contributed by atoms with Crippen LogP contribution in [0.25, 0.3) is 11.3 Å². The summed E-state index contributed by atoms with van der Waals surface area (Å²) in [5, 5.41) is 6.18. The van der Waals surface area contributed by atoms with Crippen LogP contribution in [0, 0.1) is 6.92 Å². The zero-order valence-electron chi connectivity index (χ0n) is 18.0. The Balaban J connectivity index is 1.51. The molecule has 0 saturated heterocycles. The van der Waals surface area contributed by atoms with Crippen molar-refractivity contribution >= 4 is 23.1 Å². The molecule has 0 fully saturated rings. The molecule has 4 rings (SSSR count). The Morgan fingerprint density at radius 3 is 2.56 bits per heavy atom. The summed E-state index contributed by atoms with van der Waals surface area (Å²) in [7, 11) is 0. The van der Waals surface area contributed by atoms with Crippen LogP contribution in [0.3, 0.4) is 0 Å². The van der Waals surface area contributed by atoms with Crippen LogP contribution in [0.4, 0.5) is 17.2 Å². The minimum Gasteiger partial charge on any atom is -0.492 e. The largest absolute Gasteiger partial charge is 0.492 e. The van der Waals surface area contributed by atoms with Crippen LogP contribution >= 0.6 is 0 Å². The third-order valence-electron chi connectivity index (χ3n) is 4.85. The standard InChI is InChI=1S/C26H24N4O2/c1-3-32-24-10-5-4-9-22(24)30-26(31)20-7-6-8-21(15-20)29-25-16-23(27-17-28-25)19-13-11-18(2)12-14-19/h4-17H,3H2,1-2H3,(H,30,31)(H,27,28,29). The minimum absolute atomic E-state index is 0.219. The Labute approximate surface area is 187 Å². The Morgan fingerprint density at radius 1 is 0.938 bits per heavy atom. The summed E-state index contributed by atoms with van der Waals surface area (Å²) >= 11 is 0. The molecule has 0 aliphatic heterocycles. The van der Waals surface area contributed by atoms with Gasteiger partial charge in [0.15, 0.2) is 0 Å². The predicted octanol–water partition coefficient (Wildman–Crippen LogP) is 5.85. The van der Waals surface area contributed by atoms with Crippen molar-refractivity contribution in [1.29, 1.82) is 0 Å². The maximum atomic E-state index is 12.8. The highest BCUT2D eigenvalue weighted by atomic mass is 16.5. The molecule has 0 atom stereocenters. The van der Waals surface area contributed by atoms with E-state index in [2.05, 4.69) is 39.7 Å². The van der Waals surface area contributed by atoms with Gasteiger partial charge in [0.05, 0.1) is 18.0 Å². The van der Waals surface area contributed by atoms with E-state index in [4.69, 9.17) is 4.74 Å². The zero-order chi connectivity index (χ0) is 22.3. The predicted molar refractivity (Wildman–Crippen MR) is 127 cm³/mol. The smallest absolute Gasteiger partial charge is 0.255 e. The van der Waals surface area contributed by atoms with E-state index in [0.29, 0.717) is 29.4 Å². The fourth-order valence-corrected chi connectivity index (χ4v) is 3.24.